The molecule has 2 atom stereocenters. The minimum Gasteiger partial charge on any atom is -0.344 e. The van der Waals surface area contributed by atoms with Gasteiger partial charge in [-0.05, 0) is 18.8 Å². The van der Waals surface area contributed by atoms with E-state index in [0.29, 0.717) is 6.04 Å². The van der Waals surface area contributed by atoms with E-state index < -0.39 is 0 Å². The van der Waals surface area contributed by atoms with Gasteiger partial charge in [0.2, 0.25) is 0 Å². The molecule has 2 heteroatoms. The third kappa shape index (κ3) is 1.46. The van der Waals surface area contributed by atoms with E-state index in [-0.39, 0.29) is 6.15 Å². The lowest BCUT2D eigenvalue weighted by Crippen LogP contribution is -2.21. The normalized spacial score (nSPS) is 36.8. The van der Waals surface area contributed by atoms with Gasteiger partial charge in [-0.3, -0.25) is 0 Å². The van der Waals surface area contributed by atoms with E-state index >= 15 is 0 Å². The van der Waals surface area contributed by atoms with Crippen LogP contribution in [-0.2, 0) is 0 Å². The smallest absolute Gasteiger partial charge is 0.00645 e. The first kappa shape index (κ1) is 7.92. The molecule has 0 aliphatic heterocycles. The Morgan fingerprint density at radius 1 is 1.38 bits per heavy atom. The maximum absolute atomic E-state index is 5.68. The summed E-state index contributed by atoms with van der Waals surface area (Å²) in [5.74, 6) is 0.792. The van der Waals surface area contributed by atoms with Crippen LogP contribution in [0.2, 0.25) is 0 Å². The maximum atomic E-state index is 5.68. The van der Waals surface area contributed by atoms with Crippen LogP contribution in [0.1, 0.15) is 26.2 Å². The van der Waals surface area contributed by atoms with E-state index in [4.69, 9.17) is 5.73 Å². The molecular formula is C6H16N2. The largest absolute Gasteiger partial charge is 0.344 e. The number of rotatable bonds is 0. The van der Waals surface area contributed by atoms with Crippen LogP contribution in [0.15, 0.2) is 0 Å². The Hall–Kier alpha value is -0.0800. The monoisotopic (exact) mass is 116 g/mol. The zero-order chi connectivity index (χ0) is 5.28. The van der Waals surface area contributed by atoms with Crippen molar-refractivity contribution in [1.29, 1.82) is 0 Å². The highest BCUT2D eigenvalue weighted by Crippen LogP contribution is 2.22. The minimum absolute atomic E-state index is 0. The fourth-order valence-corrected chi connectivity index (χ4v) is 1.17. The van der Waals surface area contributed by atoms with Crippen molar-refractivity contribution < 1.29 is 0 Å². The van der Waals surface area contributed by atoms with Crippen molar-refractivity contribution >= 4 is 0 Å². The van der Waals surface area contributed by atoms with Crippen LogP contribution in [0.25, 0.3) is 0 Å². The molecule has 1 saturated carbocycles. The van der Waals surface area contributed by atoms with Crippen molar-refractivity contribution in [2.75, 3.05) is 0 Å². The first-order valence-corrected chi connectivity index (χ1v) is 3.06. The second-order valence-corrected chi connectivity index (χ2v) is 2.57. The lowest BCUT2D eigenvalue weighted by Gasteiger charge is -2.05. The van der Waals surface area contributed by atoms with Crippen LogP contribution in [0.4, 0.5) is 0 Å². The highest BCUT2D eigenvalue weighted by molar-refractivity contribution is 4.75. The summed E-state index contributed by atoms with van der Waals surface area (Å²) in [5.41, 5.74) is 5.68. The zero-order valence-electron chi connectivity index (χ0n) is 5.56. The summed E-state index contributed by atoms with van der Waals surface area (Å²) in [5, 5.41) is 0. The standard InChI is InChI=1S/C6H13N.H3N/c1-5-3-2-4-6(5)7;/h5-6H,2-4,7H2,1H3;1H3. The van der Waals surface area contributed by atoms with Gasteiger partial charge < -0.3 is 11.9 Å². The van der Waals surface area contributed by atoms with Crippen LogP contribution in [0.5, 0.6) is 0 Å². The molecule has 0 saturated heterocycles. The molecule has 1 aliphatic carbocycles. The maximum Gasteiger partial charge on any atom is 0.00645 e. The molecule has 50 valence electrons. The number of nitrogens with two attached hydrogens (primary N) is 1. The summed E-state index contributed by atoms with van der Waals surface area (Å²) >= 11 is 0. The topological polar surface area (TPSA) is 61.0 Å². The van der Waals surface area contributed by atoms with Gasteiger partial charge in [-0.15, -0.1) is 0 Å². The summed E-state index contributed by atoms with van der Waals surface area (Å²) < 4.78 is 0. The van der Waals surface area contributed by atoms with Gasteiger partial charge in [0.1, 0.15) is 0 Å². The Labute approximate surface area is 51.0 Å². The van der Waals surface area contributed by atoms with Gasteiger partial charge in [-0.2, -0.15) is 0 Å². The Bertz CT molecular complexity index is 55.5. The van der Waals surface area contributed by atoms with E-state index in [1.807, 2.05) is 0 Å². The van der Waals surface area contributed by atoms with Crippen molar-refractivity contribution in [3.63, 3.8) is 0 Å². The van der Waals surface area contributed by atoms with Gasteiger partial charge in [0.15, 0.2) is 0 Å². The highest BCUT2D eigenvalue weighted by Gasteiger charge is 2.18. The molecule has 0 radical (unpaired) electrons. The highest BCUT2D eigenvalue weighted by atomic mass is 14.7. The molecule has 0 bridgehead atoms. The summed E-state index contributed by atoms with van der Waals surface area (Å²) in [4.78, 5) is 0. The molecule has 1 aliphatic rings. The molecule has 0 spiro atoms. The third-order valence-electron chi connectivity index (χ3n) is 1.93. The van der Waals surface area contributed by atoms with Crippen molar-refractivity contribution in [3.8, 4) is 0 Å². The summed E-state index contributed by atoms with van der Waals surface area (Å²) in [6, 6.07) is 0.514. The Morgan fingerprint density at radius 3 is 2.12 bits per heavy atom. The zero-order valence-corrected chi connectivity index (χ0v) is 5.56. The van der Waals surface area contributed by atoms with Crippen LogP contribution >= 0.6 is 0 Å². The van der Waals surface area contributed by atoms with Crippen molar-refractivity contribution in [1.82, 2.24) is 6.15 Å². The van der Waals surface area contributed by atoms with Crippen LogP contribution in [0.3, 0.4) is 0 Å². The molecule has 0 amide bonds. The quantitative estimate of drug-likeness (QED) is 0.501. The Morgan fingerprint density at radius 2 is 2.00 bits per heavy atom. The van der Waals surface area contributed by atoms with Gasteiger partial charge >= 0.3 is 0 Å². The Balaban J connectivity index is 0.000000490. The van der Waals surface area contributed by atoms with E-state index in [1.165, 1.54) is 19.3 Å². The van der Waals surface area contributed by atoms with E-state index in [9.17, 15) is 0 Å². The molecule has 1 fully saturated rings. The van der Waals surface area contributed by atoms with Crippen molar-refractivity contribution in [2.24, 2.45) is 11.7 Å². The number of hydrogen-bond donors (Lipinski definition) is 2. The summed E-state index contributed by atoms with van der Waals surface area (Å²) in [6.45, 7) is 2.23. The first-order chi connectivity index (χ1) is 3.30. The fourth-order valence-electron chi connectivity index (χ4n) is 1.17. The van der Waals surface area contributed by atoms with Crippen molar-refractivity contribution in [2.45, 2.75) is 32.2 Å². The molecule has 0 aromatic heterocycles. The lowest BCUT2D eigenvalue weighted by atomic mass is 10.1. The molecule has 5 N–H and O–H groups in total. The van der Waals surface area contributed by atoms with Crippen LogP contribution in [-0.4, -0.2) is 6.04 Å². The molecule has 2 unspecified atom stereocenters. The van der Waals surface area contributed by atoms with Gasteiger partial charge in [0, 0.05) is 6.04 Å². The van der Waals surface area contributed by atoms with Crippen LogP contribution in [0, 0.1) is 5.92 Å². The lowest BCUT2D eigenvalue weighted by molar-refractivity contribution is 0.527. The summed E-state index contributed by atoms with van der Waals surface area (Å²) in [7, 11) is 0. The van der Waals surface area contributed by atoms with Gasteiger partial charge in [0.25, 0.3) is 0 Å². The SMILES string of the molecule is CC1CCCC1N.N. The molecular weight excluding hydrogens is 100 g/mol. The number of hydrogen-bond acceptors (Lipinski definition) is 2. The van der Waals surface area contributed by atoms with Crippen molar-refractivity contribution in [3.05, 3.63) is 0 Å². The second kappa shape index (κ2) is 3.05. The molecule has 2 nitrogen and oxygen atoms in total. The van der Waals surface area contributed by atoms with Gasteiger partial charge in [-0.25, -0.2) is 0 Å². The second-order valence-electron chi connectivity index (χ2n) is 2.57. The van der Waals surface area contributed by atoms with Gasteiger partial charge in [-0.1, -0.05) is 13.3 Å². The average Bonchev–Trinajstić information content (AvgIpc) is 1.91. The molecule has 1 rings (SSSR count). The van der Waals surface area contributed by atoms with E-state index in [2.05, 4.69) is 6.92 Å². The third-order valence-corrected chi connectivity index (χ3v) is 1.93. The fraction of sp³-hybridized carbons (Fsp3) is 1.00. The van der Waals surface area contributed by atoms with Crippen LogP contribution < -0.4 is 11.9 Å². The molecule has 0 heterocycles. The predicted octanol–water partition coefficient (Wildman–Crippen LogP) is 1.30. The molecule has 0 aromatic rings. The minimum atomic E-state index is 0. The molecule has 0 aromatic carbocycles. The molecule has 8 heavy (non-hydrogen) atoms. The van der Waals surface area contributed by atoms with E-state index in [0.717, 1.165) is 5.92 Å². The van der Waals surface area contributed by atoms with Gasteiger partial charge in [0.05, 0.1) is 0 Å². The van der Waals surface area contributed by atoms with E-state index in [1.54, 1.807) is 0 Å². The first-order valence-electron chi connectivity index (χ1n) is 3.06. The Kier molecular flexibility index (Phi) is 3.02. The average molecular weight is 116 g/mol. The summed E-state index contributed by atoms with van der Waals surface area (Å²) in [6.07, 6.45) is 3.95. The predicted molar refractivity (Wildman–Crippen MR) is 36.0 cm³/mol.